The van der Waals surface area contributed by atoms with Crippen LogP contribution in [0, 0.1) is 0 Å². The fourth-order valence-electron chi connectivity index (χ4n) is 2.08. The minimum Gasteiger partial charge on any atom is -0.320 e. The number of hydrogen-bond acceptors (Lipinski definition) is 3. The van der Waals surface area contributed by atoms with Gasteiger partial charge in [-0.2, -0.15) is 0 Å². The van der Waals surface area contributed by atoms with Gasteiger partial charge in [0.15, 0.2) is 0 Å². The second kappa shape index (κ2) is 5.87. The van der Waals surface area contributed by atoms with Crippen LogP contribution >= 0.6 is 28.6 Å². The summed E-state index contributed by atoms with van der Waals surface area (Å²) in [5, 5.41) is 3.86. The monoisotopic (exact) mass is 358 g/mol. The van der Waals surface area contributed by atoms with E-state index in [1.807, 2.05) is 30.3 Å². The van der Waals surface area contributed by atoms with Crippen molar-refractivity contribution in [3.63, 3.8) is 0 Å². The number of thiol groups is 1. The summed E-state index contributed by atoms with van der Waals surface area (Å²) in [7, 11) is 0. The lowest BCUT2D eigenvalue weighted by molar-refractivity contribution is 0.102. The van der Waals surface area contributed by atoms with Gasteiger partial charge < -0.3 is 5.32 Å². The van der Waals surface area contributed by atoms with Crippen molar-refractivity contribution in [2.75, 3.05) is 5.32 Å². The molecule has 0 bridgehead atoms. The predicted molar refractivity (Wildman–Crippen MR) is 91.1 cm³/mol. The molecule has 21 heavy (non-hydrogen) atoms. The Bertz CT molecular complexity index is 835. The lowest BCUT2D eigenvalue weighted by Gasteiger charge is -2.08. The maximum Gasteiger partial charge on any atom is 0.255 e. The molecule has 0 unspecified atom stereocenters. The summed E-state index contributed by atoms with van der Waals surface area (Å²) < 4.78 is 0.904. The van der Waals surface area contributed by atoms with E-state index >= 15 is 0 Å². The minimum atomic E-state index is -0.178. The molecule has 1 amide bonds. The Hall–Kier alpha value is -1.85. The second-order valence-corrected chi connectivity index (χ2v) is 5.97. The first-order chi connectivity index (χ1) is 10.1. The Morgan fingerprint density at radius 2 is 1.95 bits per heavy atom. The van der Waals surface area contributed by atoms with Crippen molar-refractivity contribution in [1.82, 2.24) is 4.98 Å². The van der Waals surface area contributed by atoms with Crippen molar-refractivity contribution in [2.24, 2.45) is 0 Å². The van der Waals surface area contributed by atoms with Gasteiger partial charge in [0, 0.05) is 26.5 Å². The Kier molecular flexibility index (Phi) is 3.94. The van der Waals surface area contributed by atoms with Gasteiger partial charge >= 0.3 is 0 Å². The molecule has 3 rings (SSSR count). The molecule has 1 heterocycles. The summed E-state index contributed by atoms with van der Waals surface area (Å²) in [6, 6.07) is 14.8. The molecule has 0 fully saturated rings. The molecular formula is C16H11BrN2OS. The van der Waals surface area contributed by atoms with Crippen LogP contribution in [0.5, 0.6) is 0 Å². The Labute approximate surface area is 135 Å². The number of rotatable bonds is 2. The van der Waals surface area contributed by atoms with Crippen molar-refractivity contribution in [3.8, 4) is 0 Å². The zero-order valence-electron chi connectivity index (χ0n) is 10.9. The molecule has 3 aromatic rings. The Morgan fingerprint density at radius 3 is 2.76 bits per heavy atom. The standard InChI is InChI=1S/C16H11BrN2OS/c17-12-7-10-3-2-6-14(15(10)18-9-12)19-16(20)11-4-1-5-13(21)8-11/h1-9,21H,(H,19,20). The molecule has 0 spiro atoms. The van der Waals surface area contributed by atoms with Gasteiger partial charge in [-0.25, -0.2) is 0 Å². The van der Waals surface area contributed by atoms with E-state index in [0.717, 1.165) is 20.3 Å². The highest BCUT2D eigenvalue weighted by Gasteiger charge is 2.09. The van der Waals surface area contributed by atoms with Gasteiger partial charge in [-0.3, -0.25) is 9.78 Å². The summed E-state index contributed by atoms with van der Waals surface area (Å²) in [6.07, 6.45) is 1.71. The van der Waals surface area contributed by atoms with Crippen LogP contribution in [0.1, 0.15) is 10.4 Å². The topological polar surface area (TPSA) is 42.0 Å². The maximum absolute atomic E-state index is 12.3. The van der Waals surface area contributed by atoms with Crippen LogP contribution in [0.15, 0.2) is 64.1 Å². The van der Waals surface area contributed by atoms with E-state index in [-0.39, 0.29) is 5.91 Å². The molecule has 5 heteroatoms. The second-order valence-electron chi connectivity index (χ2n) is 4.54. The SMILES string of the molecule is O=C(Nc1cccc2cc(Br)cnc12)c1cccc(S)c1. The molecule has 0 saturated heterocycles. The highest BCUT2D eigenvalue weighted by atomic mass is 79.9. The van der Waals surface area contributed by atoms with Crippen LogP contribution in [0.3, 0.4) is 0 Å². The quantitative estimate of drug-likeness (QED) is 0.660. The van der Waals surface area contributed by atoms with E-state index in [4.69, 9.17) is 0 Å². The van der Waals surface area contributed by atoms with Crippen LogP contribution in [-0.2, 0) is 0 Å². The highest BCUT2D eigenvalue weighted by molar-refractivity contribution is 9.10. The lowest BCUT2D eigenvalue weighted by Crippen LogP contribution is -2.12. The molecule has 1 N–H and O–H groups in total. The highest BCUT2D eigenvalue weighted by Crippen LogP contribution is 2.24. The fraction of sp³-hybridized carbons (Fsp3) is 0. The van der Waals surface area contributed by atoms with Gasteiger partial charge in [-0.15, -0.1) is 12.6 Å². The Balaban J connectivity index is 1.96. The number of carbonyl (C=O) groups excluding carboxylic acids is 1. The smallest absolute Gasteiger partial charge is 0.255 e. The number of aromatic nitrogens is 1. The predicted octanol–water partition coefficient (Wildman–Crippen LogP) is 4.54. The molecule has 0 aliphatic carbocycles. The number of nitrogens with one attached hydrogen (secondary N) is 1. The van der Waals surface area contributed by atoms with Gasteiger partial charge in [-0.1, -0.05) is 18.2 Å². The molecule has 1 aromatic heterocycles. The first-order valence-electron chi connectivity index (χ1n) is 6.28. The van der Waals surface area contributed by atoms with E-state index in [2.05, 4.69) is 38.9 Å². The van der Waals surface area contributed by atoms with Gasteiger partial charge in [0.25, 0.3) is 5.91 Å². The van der Waals surface area contributed by atoms with Gasteiger partial charge in [-0.05, 0) is 46.3 Å². The summed E-state index contributed by atoms with van der Waals surface area (Å²) in [4.78, 5) is 17.4. The van der Waals surface area contributed by atoms with Crippen molar-refractivity contribution in [3.05, 3.63) is 64.8 Å². The summed E-state index contributed by atoms with van der Waals surface area (Å²) in [6.45, 7) is 0. The molecule has 2 aromatic carbocycles. The molecule has 0 saturated carbocycles. The molecule has 3 nitrogen and oxygen atoms in total. The lowest BCUT2D eigenvalue weighted by atomic mass is 10.1. The van der Waals surface area contributed by atoms with E-state index in [9.17, 15) is 4.79 Å². The van der Waals surface area contributed by atoms with Gasteiger partial charge in [0.2, 0.25) is 0 Å². The third kappa shape index (κ3) is 3.09. The largest absolute Gasteiger partial charge is 0.320 e. The first-order valence-corrected chi connectivity index (χ1v) is 7.52. The zero-order valence-corrected chi connectivity index (χ0v) is 13.4. The van der Waals surface area contributed by atoms with E-state index in [0.29, 0.717) is 11.3 Å². The van der Waals surface area contributed by atoms with E-state index < -0.39 is 0 Å². The van der Waals surface area contributed by atoms with Crippen molar-refractivity contribution in [1.29, 1.82) is 0 Å². The average molecular weight is 359 g/mol. The number of hydrogen-bond donors (Lipinski definition) is 2. The summed E-state index contributed by atoms with van der Waals surface area (Å²) in [5.74, 6) is -0.178. The number of nitrogens with zero attached hydrogens (tertiary/aromatic N) is 1. The number of amides is 1. The van der Waals surface area contributed by atoms with Crippen LogP contribution in [0.4, 0.5) is 5.69 Å². The van der Waals surface area contributed by atoms with Crippen molar-refractivity contribution < 1.29 is 4.79 Å². The van der Waals surface area contributed by atoms with E-state index in [1.54, 1.807) is 24.4 Å². The third-order valence-corrected chi connectivity index (χ3v) is 3.75. The van der Waals surface area contributed by atoms with Crippen LogP contribution in [-0.4, -0.2) is 10.9 Å². The summed E-state index contributed by atoms with van der Waals surface area (Å²) in [5.41, 5.74) is 2.02. The number of carbonyl (C=O) groups is 1. The van der Waals surface area contributed by atoms with Crippen molar-refractivity contribution >= 4 is 51.1 Å². The molecule has 0 radical (unpaired) electrons. The van der Waals surface area contributed by atoms with Gasteiger partial charge in [0.1, 0.15) is 0 Å². The number of pyridine rings is 1. The van der Waals surface area contributed by atoms with Crippen LogP contribution < -0.4 is 5.32 Å². The number of halogens is 1. The third-order valence-electron chi connectivity index (χ3n) is 3.03. The van der Waals surface area contributed by atoms with Crippen molar-refractivity contribution in [2.45, 2.75) is 4.90 Å². The first kappa shape index (κ1) is 14.1. The molecule has 104 valence electrons. The average Bonchev–Trinajstić information content (AvgIpc) is 2.47. The fourth-order valence-corrected chi connectivity index (χ4v) is 2.65. The minimum absolute atomic E-state index is 0.178. The number of benzene rings is 2. The number of fused-ring (bicyclic) bond motifs is 1. The molecular weight excluding hydrogens is 348 g/mol. The molecule has 0 atom stereocenters. The normalized spacial score (nSPS) is 10.6. The van der Waals surface area contributed by atoms with Crippen LogP contribution in [0.25, 0.3) is 10.9 Å². The zero-order chi connectivity index (χ0) is 14.8. The number of para-hydroxylation sites is 1. The van der Waals surface area contributed by atoms with Gasteiger partial charge in [0.05, 0.1) is 11.2 Å². The summed E-state index contributed by atoms with van der Waals surface area (Å²) >= 11 is 7.64. The Morgan fingerprint density at radius 1 is 1.14 bits per heavy atom. The molecule has 0 aliphatic rings. The van der Waals surface area contributed by atoms with E-state index in [1.165, 1.54) is 0 Å². The van der Waals surface area contributed by atoms with Crippen LogP contribution in [0.2, 0.25) is 0 Å². The number of anilines is 1. The maximum atomic E-state index is 12.3. The molecule has 0 aliphatic heterocycles.